The van der Waals surface area contributed by atoms with Gasteiger partial charge in [-0.3, -0.25) is 9.59 Å². The van der Waals surface area contributed by atoms with Crippen LogP contribution in [0.1, 0.15) is 62.4 Å². The Morgan fingerprint density at radius 2 is 1.90 bits per heavy atom. The summed E-state index contributed by atoms with van der Waals surface area (Å²) in [5.41, 5.74) is 0.683. The number of para-hydroxylation sites is 1. The van der Waals surface area contributed by atoms with Gasteiger partial charge < -0.3 is 29.3 Å². The van der Waals surface area contributed by atoms with Crippen LogP contribution in [0.2, 0.25) is 0 Å². The molecule has 1 heterocycles. The zero-order valence-corrected chi connectivity index (χ0v) is 18.0. The van der Waals surface area contributed by atoms with Crippen LogP contribution >= 0.6 is 0 Å². The van der Waals surface area contributed by atoms with E-state index in [-0.39, 0.29) is 48.2 Å². The lowest BCUT2D eigenvalue weighted by molar-refractivity contribution is -0.157. The van der Waals surface area contributed by atoms with E-state index in [1.807, 2.05) is 13.8 Å². The Morgan fingerprint density at radius 3 is 2.55 bits per heavy atom. The zero-order chi connectivity index (χ0) is 23.0. The first-order chi connectivity index (χ1) is 14.8. The van der Waals surface area contributed by atoms with E-state index in [2.05, 4.69) is 5.32 Å². The van der Waals surface area contributed by atoms with Gasteiger partial charge in [0.1, 0.15) is 17.1 Å². The number of ketones is 1. The number of esters is 2. The molecule has 0 saturated carbocycles. The maximum absolute atomic E-state index is 12.4. The van der Waals surface area contributed by atoms with Crippen molar-refractivity contribution in [3.8, 4) is 5.75 Å². The van der Waals surface area contributed by atoms with E-state index in [1.165, 1.54) is 13.0 Å². The second-order valence-electron chi connectivity index (χ2n) is 7.41. The topological polar surface area (TPSA) is 128 Å². The molecule has 0 fully saturated rings. The van der Waals surface area contributed by atoms with Crippen LogP contribution in [0.3, 0.4) is 0 Å². The predicted molar refractivity (Wildman–Crippen MR) is 111 cm³/mol. The fourth-order valence-corrected chi connectivity index (χ4v) is 3.24. The van der Waals surface area contributed by atoms with Crippen LogP contribution in [-0.2, 0) is 30.3 Å². The Bertz CT molecular complexity index is 824. The van der Waals surface area contributed by atoms with E-state index in [1.54, 1.807) is 12.1 Å². The summed E-state index contributed by atoms with van der Waals surface area (Å²) in [6, 6.07) is 4.81. The number of nitrogens with one attached hydrogen (secondary N) is 1. The second-order valence-corrected chi connectivity index (χ2v) is 7.41. The van der Waals surface area contributed by atoms with Crippen molar-refractivity contribution in [3.63, 3.8) is 0 Å². The van der Waals surface area contributed by atoms with Gasteiger partial charge in [-0.05, 0) is 37.8 Å². The van der Waals surface area contributed by atoms with Crippen LogP contribution in [0.15, 0.2) is 18.2 Å². The molecule has 2 N–H and O–H groups in total. The van der Waals surface area contributed by atoms with E-state index in [4.69, 9.17) is 14.1 Å². The van der Waals surface area contributed by atoms with Crippen LogP contribution < -0.4 is 9.97 Å². The normalized spacial score (nSPS) is 15.0. The molecule has 2 rings (SSSR count). The van der Waals surface area contributed by atoms with Crippen LogP contribution in [0.25, 0.3) is 0 Å². The largest absolute Gasteiger partial charge is 0.547 e. The van der Waals surface area contributed by atoms with Crippen molar-refractivity contribution in [1.82, 2.24) is 5.32 Å². The third-order valence-corrected chi connectivity index (χ3v) is 5.10. The lowest BCUT2D eigenvalue weighted by atomic mass is 9.72. The van der Waals surface area contributed by atoms with E-state index in [0.29, 0.717) is 18.4 Å². The van der Waals surface area contributed by atoms with Crippen LogP contribution in [0, 0.1) is 5.92 Å². The van der Waals surface area contributed by atoms with Crippen molar-refractivity contribution in [2.45, 2.75) is 58.8 Å². The predicted octanol–water partition coefficient (Wildman–Crippen LogP) is 1.59. The molecule has 1 atom stereocenters. The maximum atomic E-state index is 12.4. The highest BCUT2D eigenvalue weighted by Crippen LogP contribution is 2.30. The van der Waals surface area contributed by atoms with E-state index in [0.717, 1.165) is 0 Å². The van der Waals surface area contributed by atoms with Gasteiger partial charge in [0.15, 0.2) is 0 Å². The van der Waals surface area contributed by atoms with Gasteiger partial charge in [0.2, 0.25) is 12.7 Å². The highest BCUT2D eigenvalue weighted by Gasteiger charge is 2.37. The van der Waals surface area contributed by atoms with Crippen molar-refractivity contribution < 1.29 is 38.3 Å². The highest BCUT2D eigenvalue weighted by molar-refractivity contribution is 6.47. The number of Topliss-reactive ketones (excluding diaryl/α,β-unsaturated/α-hetero) is 1. The van der Waals surface area contributed by atoms with Gasteiger partial charge in [-0.15, -0.1) is 0 Å². The van der Waals surface area contributed by atoms with Crippen LogP contribution in [0.4, 0.5) is 0 Å². The number of amides is 1. The minimum Gasteiger partial charge on any atom is -0.534 e. The minimum absolute atomic E-state index is 0.0212. The van der Waals surface area contributed by atoms with E-state index in [9.17, 15) is 24.2 Å². The number of hydrogen-bond donors (Lipinski definition) is 2. The highest BCUT2D eigenvalue weighted by atomic mass is 16.7. The van der Waals surface area contributed by atoms with Crippen molar-refractivity contribution in [3.05, 3.63) is 29.3 Å². The molecule has 0 aliphatic carbocycles. The first-order valence-corrected chi connectivity index (χ1v) is 10.4. The minimum atomic E-state index is -1.38. The summed E-state index contributed by atoms with van der Waals surface area (Å²) in [6.45, 7) is 4.63. The van der Waals surface area contributed by atoms with E-state index < -0.39 is 31.8 Å². The first kappa shape index (κ1) is 24.4. The number of rotatable bonds is 10. The molecule has 1 aromatic carbocycles. The van der Waals surface area contributed by atoms with Gasteiger partial charge >= 0.3 is 19.1 Å². The summed E-state index contributed by atoms with van der Waals surface area (Å²) >= 11 is 0. The van der Waals surface area contributed by atoms with Crippen LogP contribution in [-0.4, -0.2) is 48.5 Å². The smallest absolute Gasteiger partial charge is 0.534 e. The Morgan fingerprint density at radius 1 is 1.19 bits per heavy atom. The molecule has 1 aromatic rings. The second kappa shape index (κ2) is 11.5. The van der Waals surface area contributed by atoms with Gasteiger partial charge in [0, 0.05) is 12.8 Å². The summed E-state index contributed by atoms with van der Waals surface area (Å²) in [5, 5.41) is 12.9. The third-order valence-electron chi connectivity index (χ3n) is 5.10. The molecule has 0 saturated heterocycles. The fraction of sp³-hybridized carbons (Fsp3) is 0.524. The number of fused-ring (bicyclic) bond motifs is 1. The Labute approximate surface area is 181 Å². The average Bonchev–Trinajstić information content (AvgIpc) is 2.73. The summed E-state index contributed by atoms with van der Waals surface area (Å²) in [6.07, 6.45) is 1.63. The van der Waals surface area contributed by atoms with Gasteiger partial charge in [0.25, 0.3) is 0 Å². The fourth-order valence-electron chi connectivity index (χ4n) is 3.24. The lowest BCUT2D eigenvalue weighted by Gasteiger charge is -2.29. The summed E-state index contributed by atoms with van der Waals surface area (Å²) < 4.78 is 15.5. The zero-order valence-electron chi connectivity index (χ0n) is 18.0. The summed E-state index contributed by atoms with van der Waals surface area (Å²) in [7, 11) is -1.38. The Balaban J connectivity index is 1.99. The molecule has 31 heavy (non-hydrogen) atoms. The molecule has 1 aliphatic rings. The number of carbonyl (C=O) groups is 4. The molecular formula is C21H28BNO8. The lowest BCUT2D eigenvalue weighted by Crippen LogP contribution is -2.53. The molecule has 10 heteroatoms. The van der Waals surface area contributed by atoms with Gasteiger partial charge in [-0.25, -0.2) is 4.79 Å². The number of hydrogen-bond acceptors (Lipinski definition) is 8. The maximum Gasteiger partial charge on any atom is 0.547 e. The molecule has 168 valence electrons. The standard InChI is InChI=1S/C21H28BNO8/c1-4-14(5-2)20(26)29-12-30-21(27)16-8-6-7-15-11-17(22(28)31-19(15)16)23-18(25)10-9-13(3)24/h6-8,14,17,28H,4-5,9-12H2,1-3H3,(H,23,25). The van der Waals surface area contributed by atoms with Gasteiger partial charge in [0.05, 0.1) is 11.9 Å². The molecule has 1 amide bonds. The van der Waals surface area contributed by atoms with Crippen molar-refractivity contribution in [2.75, 3.05) is 6.79 Å². The monoisotopic (exact) mass is 433 g/mol. The van der Waals surface area contributed by atoms with Gasteiger partial charge in [-0.1, -0.05) is 26.0 Å². The summed E-state index contributed by atoms with van der Waals surface area (Å²) in [5.74, 6) is -2.48. The van der Waals surface area contributed by atoms with Crippen molar-refractivity contribution >= 4 is 30.7 Å². The quantitative estimate of drug-likeness (QED) is 0.324. The summed E-state index contributed by atoms with van der Waals surface area (Å²) in [4.78, 5) is 47.3. The average molecular weight is 433 g/mol. The molecule has 0 spiro atoms. The van der Waals surface area contributed by atoms with Crippen LogP contribution in [0.5, 0.6) is 5.75 Å². The Kier molecular flexibility index (Phi) is 9.05. The first-order valence-electron chi connectivity index (χ1n) is 10.4. The molecule has 0 bridgehead atoms. The molecule has 1 unspecified atom stereocenters. The number of carbonyl (C=O) groups excluding carboxylic acids is 4. The molecule has 0 aromatic heterocycles. The van der Waals surface area contributed by atoms with Crippen molar-refractivity contribution in [1.29, 1.82) is 0 Å². The number of ether oxygens (including phenoxy) is 2. The third kappa shape index (κ3) is 6.82. The Hall–Kier alpha value is -2.88. The van der Waals surface area contributed by atoms with Gasteiger partial charge in [-0.2, -0.15) is 0 Å². The molecule has 9 nitrogen and oxygen atoms in total. The number of benzene rings is 1. The van der Waals surface area contributed by atoms with E-state index >= 15 is 0 Å². The SMILES string of the molecule is CCC(CC)C(=O)OCOC(=O)c1cccc2c1OB(O)C(NC(=O)CCC(C)=O)C2. The molecule has 0 radical (unpaired) electrons. The molecule has 1 aliphatic heterocycles. The molecular weight excluding hydrogens is 405 g/mol. The van der Waals surface area contributed by atoms with Crippen molar-refractivity contribution in [2.24, 2.45) is 5.92 Å².